The highest BCUT2D eigenvalue weighted by Crippen LogP contribution is 2.32. The first-order chi connectivity index (χ1) is 13.3. The molecule has 3 aromatic heterocycles. The van der Waals surface area contributed by atoms with Crippen LogP contribution in [0.3, 0.4) is 0 Å². The van der Waals surface area contributed by atoms with Crippen molar-refractivity contribution in [1.29, 1.82) is 0 Å². The molecule has 0 aliphatic carbocycles. The lowest BCUT2D eigenvalue weighted by Crippen LogP contribution is -2.17. The van der Waals surface area contributed by atoms with Crippen molar-refractivity contribution in [3.8, 4) is 10.6 Å². The smallest absolute Gasteiger partial charge is 0.368 e. The normalized spacial score (nSPS) is 11.3. The molecule has 0 saturated carbocycles. The number of rotatable bonds is 6. The van der Waals surface area contributed by atoms with Crippen LogP contribution in [0.25, 0.3) is 10.6 Å². The minimum absolute atomic E-state index is 0.0567. The predicted molar refractivity (Wildman–Crippen MR) is 101 cm³/mol. The van der Waals surface area contributed by atoms with Gasteiger partial charge in [-0.25, -0.2) is 9.97 Å². The highest BCUT2D eigenvalue weighted by Gasteiger charge is 2.31. The third-order valence-electron chi connectivity index (χ3n) is 3.51. The molecule has 0 aliphatic heterocycles. The highest BCUT2D eigenvalue weighted by atomic mass is 35.5. The van der Waals surface area contributed by atoms with Crippen molar-refractivity contribution in [2.45, 2.75) is 12.6 Å². The number of aromatic nitrogens is 3. The zero-order valence-electron chi connectivity index (χ0n) is 14.1. The lowest BCUT2D eigenvalue weighted by Gasteiger charge is -2.10. The minimum atomic E-state index is -4.52. The number of nitrogens with one attached hydrogen (secondary N) is 2. The number of hydrogen-bond donors (Lipinski definition) is 2. The van der Waals surface area contributed by atoms with E-state index in [0.717, 1.165) is 16.6 Å². The van der Waals surface area contributed by atoms with Crippen molar-refractivity contribution >= 4 is 40.5 Å². The van der Waals surface area contributed by atoms with Crippen molar-refractivity contribution in [3.05, 3.63) is 52.8 Å². The van der Waals surface area contributed by atoms with Gasteiger partial charge in [0.15, 0.2) is 0 Å². The number of nitrogens with zero attached hydrogens (tertiary/aromatic N) is 3. The Hall–Kier alpha value is -2.72. The fraction of sp³-hybridized carbons (Fsp3) is 0.176. The van der Waals surface area contributed by atoms with Gasteiger partial charge in [0.2, 0.25) is 5.91 Å². The molecule has 0 fully saturated rings. The van der Waals surface area contributed by atoms with Crippen LogP contribution in [-0.4, -0.2) is 27.4 Å². The minimum Gasteiger partial charge on any atom is -0.368 e. The van der Waals surface area contributed by atoms with E-state index in [2.05, 4.69) is 25.6 Å². The number of carbonyl (C=O) groups excluding carboxylic acids is 1. The molecule has 3 heterocycles. The zero-order chi connectivity index (χ0) is 20.1. The molecule has 2 N–H and O–H groups in total. The van der Waals surface area contributed by atoms with Crippen LogP contribution in [0.1, 0.15) is 12.0 Å². The van der Waals surface area contributed by atoms with Gasteiger partial charge in [-0.1, -0.05) is 11.6 Å². The van der Waals surface area contributed by atoms with Crippen LogP contribution in [-0.2, 0) is 11.0 Å². The summed E-state index contributed by atoms with van der Waals surface area (Å²) in [4.78, 5) is 23.9. The average Bonchev–Trinajstić information content (AvgIpc) is 3.11. The Morgan fingerprint density at radius 2 is 2.00 bits per heavy atom. The van der Waals surface area contributed by atoms with Crippen LogP contribution in [0.4, 0.5) is 24.8 Å². The van der Waals surface area contributed by atoms with E-state index < -0.39 is 11.7 Å². The Labute approximate surface area is 166 Å². The standard InChI is InChI=1S/C17H13ClF3N5OS/c18-12-7-11(17(19,20)21)8-24-15(12)23-6-3-14(27)25-13-9-28-16(26-13)10-1-4-22-5-2-10/h1-2,4-5,7-9H,3,6H2,(H,23,24)(H,25,27). The van der Waals surface area contributed by atoms with Gasteiger partial charge in [-0.05, 0) is 18.2 Å². The molecule has 3 rings (SSSR count). The summed E-state index contributed by atoms with van der Waals surface area (Å²) in [6.07, 6.45) is -0.467. The van der Waals surface area contributed by atoms with Crippen molar-refractivity contribution < 1.29 is 18.0 Å². The number of anilines is 2. The van der Waals surface area contributed by atoms with Gasteiger partial charge < -0.3 is 10.6 Å². The molecule has 0 aromatic carbocycles. The highest BCUT2D eigenvalue weighted by molar-refractivity contribution is 7.13. The molecule has 0 aliphatic rings. The van der Waals surface area contributed by atoms with Gasteiger partial charge in [0.1, 0.15) is 16.6 Å². The summed E-state index contributed by atoms with van der Waals surface area (Å²) >= 11 is 7.18. The monoisotopic (exact) mass is 427 g/mol. The SMILES string of the molecule is O=C(CCNc1ncc(C(F)(F)F)cc1Cl)Nc1csc(-c2ccncc2)n1. The van der Waals surface area contributed by atoms with E-state index in [1.165, 1.54) is 11.3 Å². The number of amides is 1. The topological polar surface area (TPSA) is 79.8 Å². The molecule has 0 radical (unpaired) electrons. The molecule has 0 atom stereocenters. The molecule has 6 nitrogen and oxygen atoms in total. The maximum atomic E-state index is 12.6. The first-order valence-corrected chi connectivity index (χ1v) is 9.21. The number of carbonyl (C=O) groups is 1. The molecular formula is C17H13ClF3N5OS. The summed E-state index contributed by atoms with van der Waals surface area (Å²) < 4.78 is 37.8. The van der Waals surface area contributed by atoms with Gasteiger partial charge in [-0.3, -0.25) is 9.78 Å². The predicted octanol–water partition coefficient (Wildman–Crippen LogP) is 4.71. The van der Waals surface area contributed by atoms with E-state index in [1.807, 2.05) is 12.1 Å². The van der Waals surface area contributed by atoms with Crippen LogP contribution in [0, 0.1) is 0 Å². The number of hydrogen-bond acceptors (Lipinski definition) is 6. The van der Waals surface area contributed by atoms with Crippen molar-refractivity contribution in [2.24, 2.45) is 0 Å². The van der Waals surface area contributed by atoms with Crippen molar-refractivity contribution in [1.82, 2.24) is 15.0 Å². The molecule has 0 bridgehead atoms. The van der Waals surface area contributed by atoms with Gasteiger partial charge in [0.05, 0.1) is 10.6 Å². The van der Waals surface area contributed by atoms with Crippen LogP contribution in [0.15, 0.2) is 42.2 Å². The number of thiazole rings is 1. The second kappa shape index (κ2) is 8.53. The molecule has 3 aromatic rings. The fourth-order valence-corrected chi connectivity index (χ4v) is 3.17. The third kappa shape index (κ3) is 5.17. The zero-order valence-corrected chi connectivity index (χ0v) is 15.7. The third-order valence-corrected chi connectivity index (χ3v) is 4.69. The molecule has 0 spiro atoms. The van der Waals surface area contributed by atoms with E-state index in [4.69, 9.17) is 11.6 Å². The van der Waals surface area contributed by atoms with Crippen molar-refractivity contribution in [3.63, 3.8) is 0 Å². The first kappa shape index (κ1) is 20.0. The maximum Gasteiger partial charge on any atom is 0.417 e. The van der Waals surface area contributed by atoms with E-state index in [9.17, 15) is 18.0 Å². The van der Waals surface area contributed by atoms with E-state index in [0.29, 0.717) is 12.0 Å². The summed E-state index contributed by atoms with van der Waals surface area (Å²) in [6, 6.07) is 4.41. The Bertz CT molecular complexity index is 965. The molecule has 0 unspecified atom stereocenters. The summed E-state index contributed by atoms with van der Waals surface area (Å²) in [5, 5.41) is 7.70. The lowest BCUT2D eigenvalue weighted by atomic mass is 10.2. The van der Waals surface area contributed by atoms with Gasteiger partial charge in [0, 0.05) is 42.5 Å². The van der Waals surface area contributed by atoms with E-state index in [1.54, 1.807) is 17.8 Å². The van der Waals surface area contributed by atoms with Crippen LogP contribution in [0.2, 0.25) is 5.02 Å². The Balaban J connectivity index is 1.51. The number of pyridine rings is 2. The second-order valence-electron chi connectivity index (χ2n) is 5.55. The molecule has 0 saturated heterocycles. The lowest BCUT2D eigenvalue weighted by molar-refractivity contribution is -0.137. The number of halogens is 4. The average molecular weight is 428 g/mol. The summed E-state index contributed by atoms with van der Waals surface area (Å²) in [5.74, 6) is 0.200. The Morgan fingerprint density at radius 1 is 1.25 bits per heavy atom. The fourth-order valence-electron chi connectivity index (χ4n) is 2.18. The van der Waals surface area contributed by atoms with Crippen LogP contribution >= 0.6 is 22.9 Å². The van der Waals surface area contributed by atoms with Crippen LogP contribution in [0.5, 0.6) is 0 Å². The second-order valence-corrected chi connectivity index (χ2v) is 6.82. The summed E-state index contributed by atoms with van der Waals surface area (Å²) in [6.45, 7) is 0.144. The summed E-state index contributed by atoms with van der Waals surface area (Å²) in [7, 11) is 0. The first-order valence-electron chi connectivity index (χ1n) is 7.95. The van der Waals surface area contributed by atoms with Crippen LogP contribution < -0.4 is 10.6 Å². The maximum absolute atomic E-state index is 12.6. The summed E-state index contributed by atoms with van der Waals surface area (Å²) in [5.41, 5.74) is -0.0421. The van der Waals surface area contributed by atoms with Crippen molar-refractivity contribution in [2.75, 3.05) is 17.2 Å². The Kier molecular flexibility index (Phi) is 6.10. The molecular weight excluding hydrogens is 415 g/mol. The van der Waals surface area contributed by atoms with Gasteiger partial charge in [-0.2, -0.15) is 13.2 Å². The van der Waals surface area contributed by atoms with Gasteiger partial charge >= 0.3 is 6.18 Å². The molecule has 28 heavy (non-hydrogen) atoms. The molecule has 11 heteroatoms. The number of alkyl halides is 3. The van der Waals surface area contributed by atoms with Gasteiger partial charge in [0.25, 0.3) is 0 Å². The molecule has 1 amide bonds. The largest absolute Gasteiger partial charge is 0.417 e. The van der Waals surface area contributed by atoms with E-state index >= 15 is 0 Å². The quantitative estimate of drug-likeness (QED) is 0.595. The Morgan fingerprint density at radius 3 is 2.68 bits per heavy atom. The van der Waals surface area contributed by atoms with E-state index in [-0.39, 0.29) is 29.7 Å². The van der Waals surface area contributed by atoms with Gasteiger partial charge in [-0.15, -0.1) is 11.3 Å². The molecule has 146 valence electrons.